The minimum Gasteiger partial charge on any atom is -0.508 e. The zero-order chi connectivity index (χ0) is 12.0. The Kier molecular flexibility index (Phi) is 2.26. The van der Waals surface area contributed by atoms with Gasteiger partial charge in [0.25, 0.3) is 0 Å². The number of piperidine rings is 1. The molecule has 2 atom stereocenters. The van der Waals surface area contributed by atoms with Crippen molar-refractivity contribution < 1.29 is 9.90 Å². The average Bonchev–Trinajstić information content (AvgIpc) is 2.59. The van der Waals surface area contributed by atoms with E-state index in [0.29, 0.717) is 18.2 Å². The van der Waals surface area contributed by atoms with Crippen LogP contribution in [0.2, 0.25) is 0 Å². The van der Waals surface area contributed by atoms with E-state index in [1.54, 1.807) is 12.1 Å². The van der Waals surface area contributed by atoms with Gasteiger partial charge in [-0.1, -0.05) is 12.1 Å². The Morgan fingerprint density at radius 1 is 1.47 bits per heavy atom. The molecule has 0 amide bonds. The first kappa shape index (κ1) is 10.8. The SMILES string of the molecule is CN1CCC2(c3cccc(O)c3)CC1CC2=O. The molecule has 90 valence electrons. The third-order valence-corrected chi connectivity index (χ3v) is 4.45. The maximum Gasteiger partial charge on any atom is 0.145 e. The molecule has 3 rings (SSSR count). The highest BCUT2D eigenvalue weighted by Gasteiger charge is 2.51. The molecule has 2 bridgehead atoms. The second kappa shape index (κ2) is 3.57. The number of Topliss-reactive ketones (excluding diaryl/α,β-unsaturated/α-hetero) is 1. The van der Waals surface area contributed by atoms with Crippen molar-refractivity contribution in [3.05, 3.63) is 29.8 Å². The van der Waals surface area contributed by atoms with Gasteiger partial charge in [-0.3, -0.25) is 4.79 Å². The van der Waals surface area contributed by atoms with Gasteiger partial charge in [-0.05, 0) is 44.1 Å². The monoisotopic (exact) mass is 231 g/mol. The molecular weight excluding hydrogens is 214 g/mol. The number of ketones is 1. The van der Waals surface area contributed by atoms with Crippen LogP contribution in [0, 0.1) is 0 Å². The number of benzene rings is 1. The second-order valence-corrected chi connectivity index (χ2v) is 5.35. The van der Waals surface area contributed by atoms with Crippen molar-refractivity contribution in [2.24, 2.45) is 0 Å². The Bertz CT molecular complexity index is 471. The van der Waals surface area contributed by atoms with Crippen LogP contribution in [0.3, 0.4) is 0 Å². The van der Waals surface area contributed by atoms with Gasteiger partial charge in [0, 0.05) is 12.5 Å². The maximum atomic E-state index is 12.3. The molecule has 1 N–H and O–H groups in total. The van der Waals surface area contributed by atoms with Gasteiger partial charge in [0.05, 0.1) is 5.41 Å². The number of rotatable bonds is 1. The molecule has 1 heterocycles. The van der Waals surface area contributed by atoms with Crippen molar-refractivity contribution >= 4 is 5.78 Å². The number of phenolic OH excluding ortho intramolecular Hbond substituents is 1. The summed E-state index contributed by atoms with van der Waals surface area (Å²) in [6.45, 7) is 0.964. The first-order valence-corrected chi connectivity index (χ1v) is 6.15. The molecule has 2 unspecified atom stereocenters. The lowest BCUT2D eigenvalue weighted by Gasteiger charge is -2.37. The van der Waals surface area contributed by atoms with Crippen molar-refractivity contribution in [1.82, 2.24) is 4.90 Å². The van der Waals surface area contributed by atoms with E-state index in [-0.39, 0.29) is 11.2 Å². The standard InChI is InChI=1S/C14H17NO2/c1-15-6-5-14(9-11(15)8-13(14)17)10-3-2-4-12(16)7-10/h2-4,7,11,16H,5-6,8-9H2,1H3. The highest BCUT2D eigenvalue weighted by Crippen LogP contribution is 2.46. The normalized spacial score (nSPS) is 33.0. The van der Waals surface area contributed by atoms with Gasteiger partial charge in [0.1, 0.15) is 11.5 Å². The van der Waals surface area contributed by atoms with Gasteiger partial charge < -0.3 is 10.0 Å². The number of fused-ring (bicyclic) bond motifs is 2. The number of likely N-dealkylation sites (tertiary alicyclic amines) is 1. The molecule has 1 aliphatic heterocycles. The van der Waals surface area contributed by atoms with Crippen molar-refractivity contribution in [3.63, 3.8) is 0 Å². The Morgan fingerprint density at radius 3 is 3.06 bits per heavy atom. The lowest BCUT2D eigenvalue weighted by molar-refractivity contribution is -0.122. The van der Waals surface area contributed by atoms with E-state index in [2.05, 4.69) is 11.9 Å². The summed E-state index contributed by atoms with van der Waals surface area (Å²) >= 11 is 0. The van der Waals surface area contributed by atoms with Gasteiger partial charge in [-0.15, -0.1) is 0 Å². The summed E-state index contributed by atoms with van der Waals surface area (Å²) in [7, 11) is 2.09. The van der Waals surface area contributed by atoms with Crippen molar-refractivity contribution in [1.29, 1.82) is 0 Å². The Labute approximate surface area is 101 Å². The summed E-state index contributed by atoms with van der Waals surface area (Å²) < 4.78 is 0. The van der Waals surface area contributed by atoms with Crippen LogP contribution in [0.4, 0.5) is 0 Å². The van der Waals surface area contributed by atoms with Crippen LogP contribution in [0.15, 0.2) is 24.3 Å². The fourth-order valence-electron chi connectivity index (χ4n) is 3.33. The lowest BCUT2D eigenvalue weighted by atomic mass is 9.73. The molecule has 1 saturated heterocycles. The number of hydrogen-bond acceptors (Lipinski definition) is 3. The smallest absolute Gasteiger partial charge is 0.145 e. The largest absolute Gasteiger partial charge is 0.508 e. The summed E-state index contributed by atoms with van der Waals surface area (Å²) in [6, 6.07) is 7.61. The summed E-state index contributed by atoms with van der Waals surface area (Å²) in [6.07, 6.45) is 2.44. The van der Waals surface area contributed by atoms with Crippen LogP contribution in [0.5, 0.6) is 5.75 Å². The van der Waals surface area contributed by atoms with E-state index in [1.807, 2.05) is 12.1 Å². The van der Waals surface area contributed by atoms with Gasteiger partial charge in [0.15, 0.2) is 0 Å². The first-order valence-electron chi connectivity index (χ1n) is 6.15. The Morgan fingerprint density at radius 2 is 2.29 bits per heavy atom. The number of carbonyl (C=O) groups is 1. The summed E-state index contributed by atoms with van der Waals surface area (Å²) in [5.41, 5.74) is 0.675. The fraction of sp³-hybridized carbons (Fsp3) is 0.500. The molecule has 1 aliphatic carbocycles. The summed E-state index contributed by atoms with van der Waals surface area (Å²) in [4.78, 5) is 14.6. The van der Waals surface area contributed by atoms with E-state index in [0.717, 1.165) is 24.9 Å². The third kappa shape index (κ3) is 1.49. The molecule has 1 aromatic carbocycles. The first-order chi connectivity index (χ1) is 8.12. The molecule has 1 aromatic rings. The Balaban J connectivity index is 2.04. The van der Waals surface area contributed by atoms with Crippen molar-refractivity contribution in [2.75, 3.05) is 13.6 Å². The lowest BCUT2D eigenvalue weighted by Crippen LogP contribution is -2.42. The molecule has 2 fully saturated rings. The van der Waals surface area contributed by atoms with Crippen LogP contribution >= 0.6 is 0 Å². The van der Waals surface area contributed by atoms with Crippen molar-refractivity contribution in [3.8, 4) is 5.75 Å². The molecule has 0 radical (unpaired) electrons. The highest BCUT2D eigenvalue weighted by molar-refractivity contribution is 5.93. The van der Waals surface area contributed by atoms with Crippen LogP contribution in [-0.2, 0) is 10.2 Å². The zero-order valence-corrected chi connectivity index (χ0v) is 10.0. The number of carbonyl (C=O) groups excluding carboxylic acids is 1. The van der Waals surface area contributed by atoms with E-state index in [1.165, 1.54) is 0 Å². The molecule has 3 nitrogen and oxygen atoms in total. The van der Waals surface area contributed by atoms with E-state index in [4.69, 9.17) is 0 Å². The topological polar surface area (TPSA) is 40.5 Å². The number of hydrogen-bond donors (Lipinski definition) is 1. The van der Waals surface area contributed by atoms with E-state index < -0.39 is 0 Å². The number of phenols is 1. The van der Waals surface area contributed by atoms with Crippen LogP contribution in [-0.4, -0.2) is 35.4 Å². The Hall–Kier alpha value is -1.35. The molecule has 1 saturated carbocycles. The van der Waals surface area contributed by atoms with Gasteiger partial charge in [-0.25, -0.2) is 0 Å². The quantitative estimate of drug-likeness (QED) is 0.799. The van der Waals surface area contributed by atoms with E-state index >= 15 is 0 Å². The molecular formula is C14H17NO2. The predicted molar refractivity (Wildman–Crippen MR) is 65.1 cm³/mol. The van der Waals surface area contributed by atoms with Crippen LogP contribution in [0.25, 0.3) is 0 Å². The minimum atomic E-state index is -0.323. The zero-order valence-electron chi connectivity index (χ0n) is 10.0. The third-order valence-electron chi connectivity index (χ3n) is 4.45. The predicted octanol–water partition coefficient (Wildman–Crippen LogP) is 1.70. The highest BCUT2D eigenvalue weighted by atomic mass is 16.3. The van der Waals surface area contributed by atoms with Crippen LogP contribution < -0.4 is 0 Å². The average molecular weight is 231 g/mol. The molecule has 2 aliphatic rings. The van der Waals surface area contributed by atoms with Gasteiger partial charge in [0.2, 0.25) is 0 Å². The molecule has 17 heavy (non-hydrogen) atoms. The van der Waals surface area contributed by atoms with Gasteiger partial charge >= 0.3 is 0 Å². The fourth-order valence-corrected chi connectivity index (χ4v) is 3.33. The van der Waals surface area contributed by atoms with Crippen LogP contribution in [0.1, 0.15) is 24.8 Å². The second-order valence-electron chi connectivity index (χ2n) is 5.35. The summed E-state index contributed by atoms with van der Waals surface area (Å²) in [5.74, 6) is 0.601. The minimum absolute atomic E-state index is 0.257. The number of nitrogens with zero attached hydrogens (tertiary/aromatic N) is 1. The molecule has 3 heteroatoms. The summed E-state index contributed by atoms with van der Waals surface area (Å²) in [5, 5.41) is 9.58. The number of aromatic hydroxyl groups is 1. The van der Waals surface area contributed by atoms with Gasteiger partial charge in [-0.2, -0.15) is 0 Å². The van der Waals surface area contributed by atoms with Crippen molar-refractivity contribution in [2.45, 2.75) is 30.7 Å². The molecule has 0 aromatic heterocycles. The maximum absolute atomic E-state index is 12.3. The molecule has 0 spiro atoms. The van der Waals surface area contributed by atoms with E-state index in [9.17, 15) is 9.90 Å².